The number of ether oxygens (including phenoxy) is 1. The molecule has 18 heavy (non-hydrogen) atoms. The van der Waals surface area contributed by atoms with Gasteiger partial charge in [0, 0.05) is 13.2 Å². The highest BCUT2D eigenvalue weighted by Crippen LogP contribution is 2.23. The predicted octanol–water partition coefficient (Wildman–Crippen LogP) is 3.93. The fraction of sp³-hybridized carbons (Fsp3) is 0.625. The molecule has 2 nitrogen and oxygen atoms in total. The summed E-state index contributed by atoms with van der Waals surface area (Å²) in [6, 6.07) is 10.9. The molecule has 0 aliphatic carbocycles. The van der Waals surface area contributed by atoms with E-state index in [1.807, 2.05) is 7.11 Å². The van der Waals surface area contributed by atoms with Crippen molar-refractivity contribution in [1.29, 1.82) is 0 Å². The second-order valence-corrected chi connectivity index (χ2v) is 4.73. The van der Waals surface area contributed by atoms with E-state index in [0.717, 1.165) is 6.54 Å². The highest BCUT2D eigenvalue weighted by atomic mass is 16.5. The number of benzene rings is 1. The third-order valence-electron chi connectivity index (χ3n) is 3.33. The minimum Gasteiger partial charge on any atom is -0.375 e. The van der Waals surface area contributed by atoms with Crippen LogP contribution >= 0.6 is 0 Å². The maximum absolute atomic E-state index is 5.72. The highest BCUT2D eigenvalue weighted by Gasteiger charge is 2.21. The first-order valence-corrected chi connectivity index (χ1v) is 7.14. The molecule has 0 aliphatic heterocycles. The standard InChI is InChI=1S/C16H27NO/c1-4-6-8-13-15(17-5-2)16(18-3)14-11-9-7-10-12-14/h7,9-12,15-17H,4-6,8,13H2,1-3H3. The topological polar surface area (TPSA) is 21.3 Å². The van der Waals surface area contributed by atoms with Crippen molar-refractivity contribution in [2.45, 2.75) is 51.7 Å². The van der Waals surface area contributed by atoms with Gasteiger partial charge in [-0.15, -0.1) is 0 Å². The van der Waals surface area contributed by atoms with Crippen LogP contribution in [0.4, 0.5) is 0 Å². The van der Waals surface area contributed by atoms with E-state index in [4.69, 9.17) is 4.74 Å². The molecule has 0 amide bonds. The molecule has 0 saturated carbocycles. The van der Waals surface area contributed by atoms with Gasteiger partial charge in [-0.05, 0) is 18.5 Å². The zero-order valence-electron chi connectivity index (χ0n) is 12.0. The SMILES string of the molecule is CCCCCC(NCC)C(OC)c1ccccc1. The Morgan fingerprint density at radius 1 is 1.11 bits per heavy atom. The Kier molecular flexibility index (Phi) is 7.70. The number of rotatable bonds is 9. The number of hydrogen-bond acceptors (Lipinski definition) is 2. The van der Waals surface area contributed by atoms with Gasteiger partial charge in [0.25, 0.3) is 0 Å². The first kappa shape index (κ1) is 15.2. The molecule has 0 aliphatic rings. The van der Waals surface area contributed by atoms with E-state index < -0.39 is 0 Å². The Hall–Kier alpha value is -0.860. The lowest BCUT2D eigenvalue weighted by molar-refractivity contribution is 0.0645. The summed E-state index contributed by atoms with van der Waals surface area (Å²) in [7, 11) is 1.81. The van der Waals surface area contributed by atoms with Crippen LogP contribution < -0.4 is 5.32 Å². The van der Waals surface area contributed by atoms with E-state index >= 15 is 0 Å². The van der Waals surface area contributed by atoms with Crippen molar-refractivity contribution >= 4 is 0 Å². The van der Waals surface area contributed by atoms with Gasteiger partial charge in [0.2, 0.25) is 0 Å². The molecule has 1 aromatic rings. The quantitative estimate of drug-likeness (QED) is 0.669. The van der Waals surface area contributed by atoms with E-state index in [1.165, 1.54) is 31.2 Å². The number of methoxy groups -OCH3 is 1. The van der Waals surface area contributed by atoms with Crippen molar-refractivity contribution in [3.8, 4) is 0 Å². The fourth-order valence-corrected chi connectivity index (χ4v) is 2.41. The molecule has 1 N–H and O–H groups in total. The lowest BCUT2D eigenvalue weighted by Crippen LogP contribution is -2.35. The van der Waals surface area contributed by atoms with Crippen LogP contribution in [0.15, 0.2) is 30.3 Å². The summed E-state index contributed by atoms with van der Waals surface area (Å²) in [6.45, 7) is 5.39. The van der Waals surface area contributed by atoms with Crippen molar-refractivity contribution in [2.75, 3.05) is 13.7 Å². The third kappa shape index (κ3) is 4.79. The van der Waals surface area contributed by atoms with Gasteiger partial charge in [0.05, 0.1) is 6.10 Å². The largest absolute Gasteiger partial charge is 0.375 e. The maximum Gasteiger partial charge on any atom is 0.0973 e. The molecule has 1 aromatic carbocycles. The molecule has 0 saturated heterocycles. The van der Waals surface area contributed by atoms with Crippen molar-refractivity contribution in [2.24, 2.45) is 0 Å². The van der Waals surface area contributed by atoms with Crippen molar-refractivity contribution < 1.29 is 4.74 Å². The number of unbranched alkanes of at least 4 members (excludes halogenated alkanes) is 2. The van der Waals surface area contributed by atoms with E-state index in [9.17, 15) is 0 Å². The van der Waals surface area contributed by atoms with Crippen molar-refractivity contribution in [3.05, 3.63) is 35.9 Å². The molecule has 0 aromatic heterocycles. The Balaban J connectivity index is 2.67. The van der Waals surface area contributed by atoms with Crippen LogP contribution in [0.2, 0.25) is 0 Å². The number of nitrogens with one attached hydrogen (secondary N) is 1. The summed E-state index contributed by atoms with van der Waals surface area (Å²) >= 11 is 0. The van der Waals surface area contributed by atoms with Crippen LogP contribution in [0.1, 0.15) is 51.2 Å². The van der Waals surface area contributed by atoms with Crippen molar-refractivity contribution in [1.82, 2.24) is 5.32 Å². The average Bonchev–Trinajstić information content (AvgIpc) is 2.41. The molecular weight excluding hydrogens is 222 g/mol. The van der Waals surface area contributed by atoms with Crippen LogP contribution in [-0.2, 0) is 4.74 Å². The van der Waals surface area contributed by atoms with Gasteiger partial charge in [-0.3, -0.25) is 0 Å². The van der Waals surface area contributed by atoms with Gasteiger partial charge < -0.3 is 10.1 Å². The molecule has 2 heteroatoms. The molecule has 102 valence electrons. The third-order valence-corrected chi connectivity index (χ3v) is 3.33. The van der Waals surface area contributed by atoms with E-state index in [-0.39, 0.29) is 6.10 Å². The monoisotopic (exact) mass is 249 g/mol. The van der Waals surface area contributed by atoms with Gasteiger partial charge in [-0.25, -0.2) is 0 Å². The van der Waals surface area contributed by atoms with Gasteiger partial charge >= 0.3 is 0 Å². The van der Waals surface area contributed by atoms with Gasteiger partial charge in [-0.2, -0.15) is 0 Å². The van der Waals surface area contributed by atoms with E-state index in [2.05, 4.69) is 49.5 Å². The first-order valence-electron chi connectivity index (χ1n) is 7.14. The van der Waals surface area contributed by atoms with E-state index in [0.29, 0.717) is 6.04 Å². The van der Waals surface area contributed by atoms with Crippen LogP contribution in [-0.4, -0.2) is 19.7 Å². The molecule has 0 bridgehead atoms. The minimum atomic E-state index is 0.156. The maximum atomic E-state index is 5.72. The number of likely N-dealkylation sites (N-methyl/N-ethyl adjacent to an activating group) is 1. The zero-order chi connectivity index (χ0) is 13.2. The second-order valence-electron chi connectivity index (χ2n) is 4.73. The summed E-state index contributed by atoms with van der Waals surface area (Å²) < 4.78 is 5.72. The van der Waals surface area contributed by atoms with Crippen LogP contribution in [0.25, 0.3) is 0 Å². The highest BCUT2D eigenvalue weighted by molar-refractivity contribution is 5.19. The van der Waals surface area contributed by atoms with E-state index in [1.54, 1.807) is 0 Å². The molecule has 0 heterocycles. The fourth-order valence-electron chi connectivity index (χ4n) is 2.41. The van der Waals surface area contributed by atoms with Crippen molar-refractivity contribution in [3.63, 3.8) is 0 Å². The molecule has 2 atom stereocenters. The summed E-state index contributed by atoms with van der Waals surface area (Å²) in [5.41, 5.74) is 1.27. The predicted molar refractivity (Wildman–Crippen MR) is 77.8 cm³/mol. The second kappa shape index (κ2) is 9.12. The summed E-state index contributed by atoms with van der Waals surface area (Å²) in [5.74, 6) is 0. The first-order chi connectivity index (χ1) is 8.83. The lowest BCUT2D eigenvalue weighted by atomic mass is 9.97. The summed E-state index contributed by atoms with van der Waals surface area (Å²) in [4.78, 5) is 0. The van der Waals surface area contributed by atoms with Gasteiger partial charge in [0.15, 0.2) is 0 Å². The Morgan fingerprint density at radius 3 is 2.39 bits per heavy atom. The Bertz CT molecular complexity index is 299. The van der Waals surface area contributed by atoms with Crippen LogP contribution in [0.3, 0.4) is 0 Å². The molecule has 0 radical (unpaired) electrons. The minimum absolute atomic E-state index is 0.156. The smallest absolute Gasteiger partial charge is 0.0973 e. The Labute approximate surface area is 112 Å². The lowest BCUT2D eigenvalue weighted by Gasteiger charge is -2.27. The molecule has 0 spiro atoms. The van der Waals surface area contributed by atoms with Gasteiger partial charge in [-0.1, -0.05) is 63.4 Å². The molecule has 0 fully saturated rings. The van der Waals surface area contributed by atoms with Crippen LogP contribution in [0, 0.1) is 0 Å². The summed E-state index contributed by atoms with van der Waals surface area (Å²) in [5, 5.41) is 3.57. The molecule has 2 unspecified atom stereocenters. The van der Waals surface area contributed by atoms with Crippen LogP contribution in [0.5, 0.6) is 0 Å². The normalized spacial score (nSPS) is 14.4. The summed E-state index contributed by atoms with van der Waals surface area (Å²) in [6.07, 6.45) is 5.16. The average molecular weight is 249 g/mol. The Morgan fingerprint density at radius 2 is 1.83 bits per heavy atom. The number of hydrogen-bond donors (Lipinski definition) is 1. The van der Waals surface area contributed by atoms with Gasteiger partial charge in [0.1, 0.15) is 0 Å². The zero-order valence-corrected chi connectivity index (χ0v) is 12.0. The molecular formula is C16H27NO. The molecule has 1 rings (SSSR count).